The van der Waals surface area contributed by atoms with Crippen molar-refractivity contribution >= 4 is 5.91 Å². The van der Waals surface area contributed by atoms with E-state index in [1.807, 2.05) is 11.0 Å². The van der Waals surface area contributed by atoms with Crippen LogP contribution in [0.2, 0.25) is 0 Å². The van der Waals surface area contributed by atoms with Gasteiger partial charge in [0.2, 0.25) is 5.91 Å². The minimum atomic E-state index is -0.772. The highest BCUT2D eigenvalue weighted by Crippen LogP contribution is 2.44. The molecule has 0 radical (unpaired) electrons. The number of nitrogens with zero attached hydrogens (tertiary/aromatic N) is 3. The number of fused-ring (bicyclic) bond motifs is 3. The molecule has 3 fully saturated rings. The number of aliphatic hydroxyl groups is 1. The van der Waals surface area contributed by atoms with E-state index < -0.39 is 5.60 Å². The Kier molecular flexibility index (Phi) is 3.87. The van der Waals surface area contributed by atoms with Crippen LogP contribution in [0.1, 0.15) is 12.8 Å². The van der Waals surface area contributed by atoms with E-state index in [4.69, 9.17) is 9.47 Å². The zero-order valence-electron chi connectivity index (χ0n) is 13.1. The highest BCUT2D eigenvalue weighted by atomic mass is 16.5. The van der Waals surface area contributed by atoms with Gasteiger partial charge in [-0.3, -0.25) is 9.48 Å². The molecular weight excluding hydrogens is 298 g/mol. The monoisotopic (exact) mass is 321 g/mol. The summed E-state index contributed by atoms with van der Waals surface area (Å²) >= 11 is 0. The number of carbonyl (C=O) groups is 1. The quantitative estimate of drug-likeness (QED) is 0.823. The maximum absolute atomic E-state index is 12.8. The zero-order valence-corrected chi connectivity index (χ0v) is 13.1. The number of hydrogen-bond acceptors (Lipinski definition) is 5. The first-order valence-corrected chi connectivity index (χ1v) is 8.33. The van der Waals surface area contributed by atoms with Crippen molar-refractivity contribution in [1.29, 1.82) is 0 Å². The SMILES string of the molecule is O=C(Cn1cccn1)N1C[C@H]2COCC[C@@]2(O)[C@@H]2COCC[C@@H]21. The van der Waals surface area contributed by atoms with E-state index >= 15 is 0 Å². The average Bonchev–Trinajstić information content (AvgIpc) is 3.07. The van der Waals surface area contributed by atoms with E-state index in [9.17, 15) is 9.90 Å². The highest BCUT2D eigenvalue weighted by molar-refractivity contribution is 5.76. The lowest BCUT2D eigenvalue weighted by Gasteiger charge is -2.57. The maximum atomic E-state index is 12.8. The van der Waals surface area contributed by atoms with Crippen LogP contribution >= 0.6 is 0 Å². The number of rotatable bonds is 2. The molecule has 3 aliphatic heterocycles. The molecule has 3 saturated heterocycles. The second-order valence-corrected chi connectivity index (χ2v) is 6.80. The van der Waals surface area contributed by atoms with Gasteiger partial charge in [0.15, 0.2) is 0 Å². The fourth-order valence-electron chi connectivity index (χ4n) is 4.37. The summed E-state index contributed by atoms with van der Waals surface area (Å²) < 4.78 is 12.8. The summed E-state index contributed by atoms with van der Waals surface area (Å²) in [5.74, 6) is -0.0144. The van der Waals surface area contributed by atoms with Gasteiger partial charge in [0.05, 0.1) is 18.8 Å². The van der Waals surface area contributed by atoms with Crippen LogP contribution in [0, 0.1) is 11.8 Å². The topological polar surface area (TPSA) is 76.8 Å². The van der Waals surface area contributed by atoms with Crippen molar-refractivity contribution in [2.24, 2.45) is 11.8 Å². The fraction of sp³-hybridized carbons (Fsp3) is 0.750. The van der Waals surface area contributed by atoms with Crippen molar-refractivity contribution in [2.45, 2.75) is 31.0 Å². The molecule has 0 unspecified atom stereocenters. The molecule has 23 heavy (non-hydrogen) atoms. The smallest absolute Gasteiger partial charge is 0.244 e. The molecule has 7 nitrogen and oxygen atoms in total. The standard InChI is InChI=1S/C16H23N3O4/c20-15(9-18-5-1-4-17-18)19-8-12-10-23-7-3-16(12,21)13-11-22-6-2-14(13)19/h1,4-5,12-14,21H,2-3,6-11H2/t12-,13+,14-,16-/m0/s1. The van der Waals surface area contributed by atoms with Crippen LogP contribution in [0.5, 0.6) is 0 Å². The third-order valence-electron chi connectivity index (χ3n) is 5.63. The molecular formula is C16H23N3O4. The van der Waals surface area contributed by atoms with Crippen molar-refractivity contribution in [2.75, 3.05) is 33.0 Å². The van der Waals surface area contributed by atoms with E-state index in [1.54, 1.807) is 17.1 Å². The Balaban J connectivity index is 1.58. The summed E-state index contributed by atoms with van der Waals surface area (Å²) in [4.78, 5) is 14.7. The summed E-state index contributed by atoms with van der Waals surface area (Å²) in [6, 6.07) is 1.86. The van der Waals surface area contributed by atoms with Crippen LogP contribution in [0.4, 0.5) is 0 Å². The Morgan fingerprint density at radius 1 is 1.35 bits per heavy atom. The number of aromatic nitrogens is 2. The first-order chi connectivity index (χ1) is 11.2. The van der Waals surface area contributed by atoms with Crippen molar-refractivity contribution < 1.29 is 19.4 Å². The van der Waals surface area contributed by atoms with Gasteiger partial charge in [0.1, 0.15) is 6.54 Å². The number of ether oxygens (including phenoxy) is 2. The number of piperidine rings is 1. The predicted molar refractivity (Wildman–Crippen MR) is 80.5 cm³/mol. The third kappa shape index (κ3) is 2.56. The summed E-state index contributed by atoms with van der Waals surface area (Å²) in [6.45, 7) is 3.04. The molecule has 0 aliphatic carbocycles. The molecule has 3 aliphatic rings. The lowest BCUT2D eigenvalue weighted by atomic mass is 9.66. The highest BCUT2D eigenvalue weighted by Gasteiger charge is 2.56. The Hall–Kier alpha value is -1.44. The molecule has 1 amide bonds. The van der Waals surface area contributed by atoms with Crippen LogP contribution in [0.15, 0.2) is 18.5 Å². The number of amides is 1. The molecule has 1 aromatic rings. The third-order valence-corrected chi connectivity index (χ3v) is 5.63. The number of likely N-dealkylation sites (tertiary alicyclic amines) is 1. The molecule has 0 bridgehead atoms. The minimum absolute atomic E-state index is 0.0273. The fourth-order valence-corrected chi connectivity index (χ4v) is 4.37. The number of hydrogen-bond donors (Lipinski definition) is 1. The van der Waals surface area contributed by atoms with Crippen LogP contribution in [-0.2, 0) is 20.8 Å². The first-order valence-electron chi connectivity index (χ1n) is 8.33. The van der Waals surface area contributed by atoms with Crippen molar-refractivity contribution in [3.8, 4) is 0 Å². The van der Waals surface area contributed by atoms with Gasteiger partial charge < -0.3 is 19.5 Å². The van der Waals surface area contributed by atoms with Gasteiger partial charge in [-0.15, -0.1) is 0 Å². The maximum Gasteiger partial charge on any atom is 0.244 e. The Labute approximate surface area is 135 Å². The van der Waals surface area contributed by atoms with E-state index in [0.29, 0.717) is 39.4 Å². The van der Waals surface area contributed by atoms with E-state index in [0.717, 1.165) is 6.42 Å². The average molecular weight is 321 g/mol. The van der Waals surface area contributed by atoms with Gasteiger partial charge in [-0.2, -0.15) is 5.10 Å². The predicted octanol–water partition coefficient (Wildman–Crippen LogP) is -0.102. The van der Waals surface area contributed by atoms with Crippen LogP contribution in [-0.4, -0.2) is 70.3 Å². The van der Waals surface area contributed by atoms with E-state index in [1.165, 1.54) is 0 Å². The first kappa shape index (κ1) is 15.1. The summed E-state index contributed by atoms with van der Waals surface area (Å²) in [7, 11) is 0. The van der Waals surface area contributed by atoms with E-state index in [-0.39, 0.29) is 30.3 Å². The molecule has 126 valence electrons. The van der Waals surface area contributed by atoms with E-state index in [2.05, 4.69) is 5.10 Å². The van der Waals surface area contributed by atoms with Crippen molar-refractivity contribution in [3.63, 3.8) is 0 Å². The molecule has 0 aromatic carbocycles. The summed E-state index contributed by atoms with van der Waals surface area (Å²) in [6.07, 6.45) is 4.88. The van der Waals surface area contributed by atoms with Crippen LogP contribution < -0.4 is 0 Å². The van der Waals surface area contributed by atoms with Gasteiger partial charge in [-0.1, -0.05) is 0 Å². The Morgan fingerprint density at radius 2 is 2.22 bits per heavy atom. The normalized spacial score (nSPS) is 37.1. The lowest BCUT2D eigenvalue weighted by Crippen LogP contribution is -2.69. The van der Waals surface area contributed by atoms with Crippen molar-refractivity contribution in [1.82, 2.24) is 14.7 Å². The second kappa shape index (κ2) is 5.89. The second-order valence-electron chi connectivity index (χ2n) is 6.80. The number of carbonyl (C=O) groups excluding carboxylic acids is 1. The molecule has 0 saturated carbocycles. The van der Waals surface area contributed by atoms with Crippen molar-refractivity contribution in [3.05, 3.63) is 18.5 Å². The van der Waals surface area contributed by atoms with Gasteiger partial charge in [0.25, 0.3) is 0 Å². The molecule has 1 N–H and O–H groups in total. The van der Waals surface area contributed by atoms with Gasteiger partial charge >= 0.3 is 0 Å². The molecule has 7 heteroatoms. The largest absolute Gasteiger partial charge is 0.389 e. The van der Waals surface area contributed by atoms with Gasteiger partial charge in [0, 0.05) is 56.5 Å². The molecule has 4 atom stereocenters. The minimum Gasteiger partial charge on any atom is -0.389 e. The van der Waals surface area contributed by atoms with Crippen LogP contribution in [0.25, 0.3) is 0 Å². The Bertz CT molecular complexity index is 564. The molecule has 4 rings (SSSR count). The van der Waals surface area contributed by atoms with Gasteiger partial charge in [-0.05, 0) is 12.5 Å². The Morgan fingerprint density at radius 3 is 3.04 bits per heavy atom. The molecule has 1 aromatic heterocycles. The molecule has 0 spiro atoms. The van der Waals surface area contributed by atoms with Gasteiger partial charge in [-0.25, -0.2) is 0 Å². The van der Waals surface area contributed by atoms with Crippen LogP contribution in [0.3, 0.4) is 0 Å². The summed E-state index contributed by atoms with van der Waals surface area (Å²) in [5.41, 5.74) is -0.772. The lowest BCUT2D eigenvalue weighted by molar-refractivity contribution is -0.219. The zero-order chi connectivity index (χ0) is 15.9. The summed E-state index contributed by atoms with van der Waals surface area (Å²) in [5, 5.41) is 15.3. The molecule has 4 heterocycles.